The Kier molecular flexibility index (Phi) is 8.98. The fourth-order valence-corrected chi connectivity index (χ4v) is 4.61. The highest BCUT2D eigenvalue weighted by atomic mass is 19.1. The molecule has 1 atom stereocenters. The van der Waals surface area contributed by atoms with Crippen LogP contribution in [-0.4, -0.2) is 57.2 Å². The predicted molar refractivity (Wildman–Crippen MR) is 148 cm³/mol. The first kappa shape index (κ1) is 28.0. The minimum atomic E-state index is -0.999. The Labute approximate surface area is 236 Å². The molecule has 0 radical (unpaired) electrons. The lowest BCUT2D eigenvalue weighted by Gasteiger charge is -2.27. The largest absolute Gasteiger partial charge is 0.443 e. The summed E-state index contributed by atoms with van der Waals surface area (Å²) in [5.74, 6) is -0.433. The summed E-state index contributed by atoms with van der Waals surface area (Å²) in [5.41, 5.74) is 13.0. The molecule has 2 saturated heterocycles. The van der Waals surface area contributed by atoms with E-state index < -0.39 is 17.9 Å². The van der Waals surface area contributed by atoms with Crippen LogP contribution < -0.4 is 16.4 Å². The number of amides is 1. The maximum Gasteiger partial charge on any atom is 0.437 e. The number of oxime groups is 1. The second-order valence-corrected chi connectivity index (χ2v) is 9.67. The Hall–Kier alpha value is -4.59. The number of hydrogen-bond acceptors (Lipinski definition) is 9. The third-order valence-electron chi connectivity index (χ3n) is 6.74. The molecule has 1 unspecified atom stereocenters. The summed E-state index contributed by atoms with van der Waals surface area (Å²) in [6, 6.07) is 6.69. The average molecular weight is 566 g/mol. The van der Waals surface area contributed by atoms with Gasteiger partial charge >= 0.3 is 6.09 Å². The highest BCUT2D eigenvalue weighted by molar-refractivity contribution is 5.88. The molecule has 3 aromatic rings. The molecular formula is C27H32FN9O4. The maximum absolute atomic E-state index is 15.1. The number of aliphatic imine (C=N–C) groups is 1. The molecule has 14 heteroatoms. The number of carbonyl (C=O) groups is 1. The van der Waals surface area contributed by atoms with Crippen molar-refractivity contribution in [3.63, 3.8) is 0 Å². The lowest BCUT2D eigenvalue weighted by molar-refractivity contribution is -0.0400. The summed E-state index contributed by atoms with van der Waals surface area (Å²) >= 11 is 0. The van der Waals surface area contributed by atoms with Gasteiger partial charge in [-0.05, 0) is 25.3 Å². The van der Waals surface area contributed by atoms with Gasteiger partial charge < -0.3 is 30.7 Å². The van der Waals surface area contributed by atoms with Crippen LogP contribution >= 0.6 is 0 Å². The average Bonchev–Trinajstić information content (AvgIpc) is 3.46. The number of nitrogens with zero attached hydrogens (tertiary/aromatic N) is 7. The van der Waals surface area contributed by atoms with Crippen molar-refractivity contribution in [2.75, 3.05) is 24.6 Å². The zero-order chi connectivity index (χ0) is 28.6. The maximum atomic E-state index is 15.1. The van der Waals surface area contributed by atoms with Crippen LogP contribution in [0.15, 0.2) is 53.0 Å². The zero-order valence-electron chi connectivity index (χ0n) is 22.5. The van der Waals surface area contributed by atoms with E-state index in [-0.39, 0.29) is 24.0 Å². The number of anilines is 1. The van der Waals surface area contributed by atoms with Crippen molar-refractivity contribution in [2.45, 2.75) is 51.5 Å². The van der Waals surface area contributed by atoms with Crippen molar-refractivity contribution in [3.05, 3.63) is 59.9 Å². The number of nitrogens with two attached hydrogens (primary N) is 2. The first-order valence-corrected chi connectivity index (χ1v) is 13.4. The molecule has 0 aliphatic carbocycles. The van der Waals surface area contributed by atoms with Gasteiger partial charge in [0.2, 0.25) is 5.95 Å². The molecule has 4 heterocycles. The van der Waals surface area contributed by atoms with E-state index in [0.717, 1.165) is 37.3 Å². The van der Waals surface area contributed by atoms with Gasteiger partial charge in [-0.2, -0.15) is 5.10 Å². The molecule has 0 spiro atoms. The van der Waals surface area contributed by atoms with Crippen molar-refractivity contribution in [3.8, 4) is 11.1 Å². The molecule has 0 saturated carbocycles. The predicted octanol–water partition coefficient (Wildman–Crippen LogP) is 3.26. The molecule has 4 N–H and O–H groups in total. The molecule has 2 aliphatic rings. The van der Waals surface area contributed by atoms with Crippen molar-refractivity contribution in [1.29, 1.82) is 0 Å². The summed E-state index contributed by atoms with van der Waals surface area (Å²) in [7, 11) is 0. The molecule has 1 aromatic carbocycles. The van der Waals surface area contributed by atoms with E-state index in [4.69, 9.17) is 25.8 Å². The van der Waals surface area contributed by atoms with Gasteiger partial charge in [-0.25, -0.2) is 23.8 Å². The first-order valence-electron chi connectivity index (χ1n) is 13.4. The molecule has 2 fully saturated rings. The summed E-state index contributed by atoms with van der Waals surface area (Å²) in [6.07, 6.45) is 8.70. The van der Waals surface area contributed by atoms with Crippen LogP contribution in [0.2, 0.25) is 0 Å². The second-order valence-electron chi connectivity index (χ2n) is 9.67. The number of piperidine rings is 1. The summed E-state index contributed by atoms with van der Waals surface area (Å²) in [6.45, 7) is 2.11. The lowest BCUT2D eigenvalue weighted by Crippen LogP contribution is -2.35. The third-order valence-corrected chi connectivity index (χ3v) is 6.74. The number of guanidine groups is 1. The van der Waals surface area contributed by atoms with Crippen LogP contribution in [0.3, 0.4) is 0 Å². The number of benzene rings is 1. The quantitative estimate of drug-likeness (QED) is 0.235. The van der Waals surface area contributed by atoms with Gasteiger partial charge in [0.25, 0.3) is 0 Å². The Balaban J connectivity index is 1.11. The minimum Gasteiger partial charge on any atom is -0.443 e. The third kappa shape index (κ3) is 7.33. The normalized spacial score (nSPS) is 17.1. The van der Waals surface area contributed by atoms with Crippen LogP contribution in [0, 0.1) is 5.82 Å². The molecule has 1 amide bonds. The van der Waals surface area contributed by atoms with Crippen LogP contribution in [-0.2, 0) is 27.5 Å². The Morgan fingerprint density at radius 2 is 1.93 bits per heavy atom. The van der Waals surface area contributed by atoms with Crippen LogP contribution in [0.5, 0.6) is 0 Å². The van der Waals surface area contributed by atoms with Crippen LogP contribution in [0.25, 0.3) is 11.1 Å². The summed E-state index contributed by atoms with van der Waals surface area (Å²) in [4.78, 5) is 31.3. The highest BCUT2D eigenvalue weighted by Crippen LogP contribution is 2.26. The van der Waals surface area contributed by atoms with Gasteiger partial charge in [-0.15, -0.1) is 4.99 Å². The van der Waals surface area contributed by atoms with E-state index in [0.29, 0.717) is 44.0 Å². The SMILES string of the molecule is NC(N)=NC(=O)OCc1cccc(-c2cnc(N3CCC(=NOCc4ccn(C5CCCCO5)n4)CC3)nc2)c1F. The fraction of sp³-hybridized carbons (Fsp3) is 0.407. The van der Waals surface area contributed by atoms with Gasteiger partial charge in [0, 0.05) is 67.8 Å². The van der Waals surface area contributed by atoms with Crippen molar-refractivity contribution in [1.82, 2.24) is 19.7 Å². The number of rotatable bonds is 8. The van der Waals surface area contributed by atoms with E-state index in [1.54, 1.807) is 24.5 Å². The smallest absolute Gasteiger partial charge is 0.437 e. The van der Waals surface area contributed by atoms with E-state index in [2.05, 4.69) is 25.2 Å². The molecule has 216 valence electrons. The molecule has 2 aliphatic heterocycles. The van der Waals surface area contributed by atoms with Gasteiger partial charge in [-0.3, -0.25) is 0 Å². The van der Waals surface area contributed by atoms with E-state index in [1.807, 2.05) is 21.8 Å². The van der Waals surface area contributed by atoms with E-state index >= 15 is 4.39 Å². The van der Waals surface area contributed by atoms with Crippen LogP contribution in [0.4, 0.5) is 15.1 Å². The zero-order valence-corrected chi connectivity index (χ0v) is 22.5. The summed E-state index contributed by atoms with van der Waals surface area (Å²) < 4.78 is 27.6. The summed E-state index contributed by atoms with van der Waals surface area (Å²) in [5, 5.41) is 8.87. The minimum absolute atomic E-state index is 0.00282. The van der Waals surface area contributed by atoms with Crippen LogP contribution in [0.1, 0.15) is 49.6 Å². The van der Waals surface area contributed by atoms with E-state index in [9.17, 15) is 4.79 Å². The van der Waals surface area contributed by atoms with E-state index in [1.165, 1.54) is 6.07 Å². The molecule has 0 bridgehead atoms. The fourth-order valence-electron chi connectivity index (χ4n) is 4.61. The molecule has 2 aromatic heterocycles. The Morgan fingerprint density at radius 3 is 2.66 bits per heavy atom. The van der Waals surface area contributed by atoms with Crippen molar-refractivity contribution < 1.29 is 23.5 Å². The molecule has 13 nitrogen and oxygen atoms in total. The monoisotopic (exact) mass is 565 g/mol. The standard InChI is InChI=1S/C27H32FN9O4/c28-24-18(16-40-27(38)33-25(29)30)4-3-5-22(24)19-14-31-26(32-15-19)36-10-7-20(8-11-36)35-41-17-21-9-12-37(34-21)23-6-1-2-13-39-23/h3-5,9,12,14-15,23H,1-2,6-8,10-11,13,16-17H2,(H4,29,30,33,38). The number of halogens is 1. The topological polar surface area (TPSA) is 168 Å². The number of aromatic nitrogens is 4. The van der Waals surface area contributed by atoms with Gasteiger partial charge in [0.05, 0.1) is 5.71 Å². The number of ether oxygens (including phenoxy) is 2. The van der Waals surface area contributed by atoms with Gasteiger partial charge in [0.1, 0.15) is 24.3 Å². The number of hydrogen-bond donors (Lipinski definition) is 2. The van der Waals surface area contributed by atoms with Gasteiger partial charge in [-0.1, -0.05) is 23.4 Å². The van der Waals surface area contributed by atoms with Gasteiger partial charge in [0.15, 0.2) is 12.6 Å². The van der Waals surface area contributed by atoms with Crippen molar-refractivity contribution >= 4 is 23.7 Å². The highest BCUT2D eigenvalue weighted by Gasteiger charge is 2.20. The lowest BCUT2D eigenvalue weighted by atomic mass is 10.1. The molecule has 41 heavy (non-hydrogen) atoms. The second kappa shape index (κ2) is 13.2. The Morgan fingerprint density at radius 1 is 1.12 bits per heavy atom. The molecule has 5 rings (SSSR count). The first-order chi connectivity index (χ1) is 20.0. The Bertz CT molecular complexity index is 1390. The number of carbonyl (C=O) groups excluding carboxylic acids is 1. The molecular weight excluding hydrogens is 533 g/mol. The van der Waals surface area contributed by atoms with Crippen molar-refractivity contribution in [2.24, 2.45) is 21.6 Å².